The minimum absolute atomic E-state index is 0.0840. The van der Waals surface area contributed by atoms with E-state index < -0.39 is 80.7 Å². The van der Waals surface area contributed by atoms with Crippen LogP contribution in [0.5, 0.6) is 11.5 Å². The largest absolute Gasteiger partial charge is 0.571 e. The van der Waals surface area contributed by atoms with Crippen LogP contribution < -0.4 is 4.74 Å². The number of methoxy groups -OCH3 is 1. The van der Waals surface area contributed by atoms with Crippen LogP contribution in [0.25, 0.3) is 5.76 Å². The van der Waals surface area contributed by atoms with Gasteiger partial charge in [0.15, 0.2) is 23.9 Å². The number of phenols is 1. The Balaban J connectivity index is 1.54. The summed E-state index contributed by atoms with van der Waals surface area (Å²) in [5.74, 6) is -0.649. The SMILES string of the molecule is COc1cc(C2=C(O[C@H]3O[C@H](CO)[C@@H](O)[C@H](O)[C@@H]3O[C@@H]3O[C@H](CO)[C@@H](O)[C@H](O)[C@H]3O)C=C3C(O)=CC(O)=CC3[OH+]2)ccc1O. The van der Waals surface area contributed by atoms with Crippen molar-refractivity contribution in [3.8, 4) is 11.5 Å². The standard InChI is InChI=1S/C28H34O16/c1-39-16-4-10(2-3-13(16)32)25-17(7-12-14(33)5-11(31)6-15(12)40-25)41-28-26(23(37)21(35)19(9-30)43-28)44-27-24(38)22(36)20(34)18(8-29)42-27/h2-7,15,18-24,26-38H,8-9H2,1H3/p+1/t15?,18-,19-,20-,21-,22+,23+,24-,26+,27+,28+/m1/s1. The Labute approximate surface area is 249 Å². The van der Waals surface area contributed by atoms with Gasteiger partial charge in [0.05, 0.1) is 37.5 Å². The predicted molar refractivity (Wildman–Crippen MR) is 145 cm³/mol. The number of benzene rings is 1. The lowest BCUT2D eigenvalue weighted by Gasteiger charge is -2.46. The fourth-order valence-corrected chi connectivity index (χ4v) is 5.24. The summed E-state index contributed by atoms with van der Waals surface area (Å²) < 4.78 is 32.8. The summed E-state index contributed by atoms with van der Waals surface area (Å²) >= 11 is 0. The number of hydrogen-bond donors (Lipinski definition) is 10. The van der Waals surface area contributed by atoms with Crippen LogP contribution in [-0.4, -0.2) is 144 Å². The van der Waals surface area contributed by atoms with Crippen LogP contribution in [0.1, 0.15) is 5.56 Å². The zero-order chi connectivity index (χ0) is 31.9. The monoisotopic (exact) mass is 627 g/mol. The van der Waals surface area contributed by atoms with E-state index in [1.807, 2.05) is 0 Å². The Morgan fingerprint density at radius 1 is 0.818 bits per heavy atom. The molecule has 2 fully saturated rings. The molecule has 2 saturated heterocycles. The Morgan fingerprint density at radius 3 is 2.14 bits per heavy atom. The molecule has 1 aromatic carbocycles. The van der Waals surface area contributed by atoms with Gasteiger partial charge < -0.3 is 79.5 Å². The van der Waals surface area contributed by atoms with Gasteiger partial charge >= 0.3 is 5.76 Å². The van der Waals surface area contributed by atoms with Crippen molar-refractivity contribution in [2.24, 2.45) is 0 Å². The first kappa shape index (κ1) is 32.0. The summed E-state index contributed by atoms with van der Waals surface area (Å²) in [5.41, 5.74) is 0.544. The smallest absolute Gasteiger partial charge is 0.305 e. The van der Waals surface area contributed by atoms with Gasteiger partial charge in [-0.2, -0.15) is 0 Å². The molecule has 4 aliphatic rings. The number of aromatic hydroxyl groups is 1. The molecule has 0 radical (unpaired) electrons. The molecular formula is C28H35O16+. The molecule has 0 bridgehead atoms. The Kier molecular flexibility index (Phi) is 9.38. The van der Waals surface area contributed by atoms with E-state index in [-0.39, 0.29) is 40.1 Å². The average Bonchev–Trinajstić information content (AvgIpc) is 3.00. The summed E-state index contributed by atoms with van der Waals surface area (Å²) in [6.07, 6.45) is -13.8. The van der Waals surface area contributed by atoms with Crippen molar-refractivity contribution in [1.82, 2.24) is 0 Å². The van der Waals surface area contributed by atoms with Crippen LogP contribution in [0.4, 0.5) is 0 Å². The molecule has 1 aliphatic carbocycles. The van der Waals surface area contributed by atoms with Gasteiger partial charge in [0, 0.05) is 18.2 Å². The minimum atomic E-state index is -1.87. The second-order valence-corrected chi connectivity index (χ2v) is 10.5. The van der Waals surface area contributed by atoms with E-state index in [9.17, 15) is 51.1 Å². The third-order valence-electron chi connectivity index (χ3n) is 7.68. The highest BCUT2D eigenvalue weighted by Gasteiger charge is 2.52. The van der Waals surface area contributed by atoms with Crippen molar-refractivity contribution in [1.29, 1.82) is 0 Å². The van der Waals surface area contributed by atoms with Gasteiger partial charge in [-0.25, -0.2) is 0 Å². The Morgan fingerprint density at radius 2 is 1.48 bits per heavy atom. The summed E-state index contributed by atoms with van der Waals surface area (Å²) in [5, 5.41) is 103. The number of fused-ring (bicyclic) bond motifs is 1. The molecule has 5 rings (SSSR count). The molecule has 1 unspecified atom stereocenters. The van der Waals surface area contributed by atoms with Gasteiger partial charge in [0.2, 0.25) is 18.2 Å². The van der Waals surface area contributed by atoms with Crippen LogP contribution in [0.2, 0.25) is 0 Å². The van der Waals surface area contributed by atoms with Crippen molar-refractivity contribution < 1.29 is 79.5 Å². The second kappa shape index (κ2) is 12.9. The first-order valence-electron chi connectivity index (χ1n) is 13.6. The number of aliphatic hydroxyl groups is 11. The lowest BCUT2D eigenvalue weighted by atomic mass is 9.96. The van der Waals surface area contributed by atoms with E-state index in [2.05, 4.69) is 4.74 Å². The highest BCUT2D eigenvalue weighted by Crippen LogP contribution is 2.39. The quantitative estimate of drug-likeness (QED) is 0.133. The van der Waals surface area contributed by atoms with Crippen LogP contribution in [0.3, 0.4) is 0 Å². The van der Waals surface area contributed by atoms with Crippen molar-refractivity contribution in [3.05, 3.63) is 64.8 Å². The minimum Gasteiger partial charge on any atom is -0.571 e. The maximum absolute atomic E-state index is 11.0. The summed E-state index contributed by atoms with van der Waals surface area (Å²) in [6, 6.07) is 4.26. The molecule has 0 aromatic heterocycles. The zero-order valence-corrected chi connectivity index (χ0v) is 23.2. The van der Waals surface area contributed by atoms with E-state index in [1.54, 1.807) is 0 Å². The molecule has 242 valence electrons. The molecule has 3 aliphatic heterocycles. The molecule has 16 heteroatoms. The van der Waals surface area contributed by atoms with Gasteiger partial charge in [-0.3, -0.25) is 0 Å². The van der Waals surface area contributed by atoms with Crippen LogP contribution in [0.15, 0.2) is 59.3 Å². The van der Waals surface area contributed by atoms with Crippen LogP contribution in [-0.2, 0) is 18.9 Å². The van der Waals surface area contributed by atoms with Gasteiger partial charge in [0.1, 0.15) is 54.2 Å². The number of allylic oxidation sites excluding steroid dienone is 2. The highest BCUT2D eigenvalue weighted by molar-refractivity contribution is 5.69. The van der Waals surface area contributed by atoms with E-state index in [1.165, 1.54) is 37.5 Å². The van der Waals surface area contributed by atoms with Crippen molar-refractivity contribution >= 4 is 5.76 Å². The first-order valence-corrected chi connectivity index (χ1v) is 13.6. The molecule has 16 nitrogen and oxygen atoms in total. The van der Waals surface area contributed by atoms with E-state index in [0.717, 1.165) is 6.08 Å². The second-order valence-electron chi connectivity index (χ2n) is 10.5. The Hall–Kier alpha value is -3.42. The molecule has 11 N–H and O–H groups in total. The number of ether oxygens (including phenoxy) is 6. The molecule has 1 aromatic rings. The summed E-state index contributed by atoms with van der Waals surface area (Å²) in [6.45, 7) is -1.51. The molecule has 0 amide bonds. The topological polar surface area (TPSA) is 261 Å². The average molecular weight is 628 g/mol. The van der Waals surface area contributed by atoms with Crippen molar-refractivity contribution in [2.75, 3.05) is 20.3 Å². The highest BCUT2D eigenvalue weighted by atomic mass is 16.8. The lowest BCUT2D eigenvalue weighted by molar-refractivity contribution is -0.363. The van der Waals surface area contributed by atoms with Gasteiger partial charge in [0.25, 0.3) is 0 Å². The van der Waals surface area contributed by atoms with Gasteiger partial charge in [-0.1, -0.05) is 0 Å². The first-order chi connectivity index (χ1) is 21.0. The predicted octanol–water partition coefficient (Wildman–Crippen LogP) is -2.56. The molecule has 11 atom stereocenters. The molecule has 0 spiro atoms. The summed E-state index contributed by atoms with van der Waals surface area (Å²) in [4.78, 5) is 0. The Bertz CT molecular complexity index is 1340. The number of phenolic OH excluding ortho intramolecular Hbond substituents is 1. The number of aliphatic hydroxyl groups excluding tert-OH is 9. The van der Waals surface area contributed by atoms with E-state index >= 15 is 0 Å². The lowest BCUT2D eigenvalue weighted by Crippen LogP contribution is -2.64. The maximum Gasteiger partial charge on any atom is 0.305 e. The molecular weight excluding hydrogens is 592 g/mol. The fourth-order valence-electron chi connectivity index (χ4n) is 5.24. The van der Waals surface area contributed by atoms with E-state index in [4.69, 9.17) is 23.7 Å². The van der Waals surface area contributed by atoms with E-state index in [0.29, 0.717) is 5.56 Å². The zero-order valence-electron chi connectivity index (χ0n) is 23.2. The maximum atomic E-state index is 11.0. The normalized spacial score (nSPS) is 37.3. The summed E-state index contributed by atoms with van der Waals surface area (Å²) in [7, 11) is 1.34. The van der Waals surface area contributed by atoms with Crippen molar-refractivity contribution in [2.45, 2.75) is 67.5 Å². The third kappa shape index (κ3) is 5.96. The molecule has 0 saturated carbocycles. The molecule has 44 heavy (non-hydrogen) atoms. The fraction of sp³-hybridized carbons (Fsp3) is 0.500. The third-order valence-corrected chi connectivity index (χ3v) is 7.68. The van der Waals surface area contributed by atoms with Gasteiger partial charge in [-0.05, 0) is 12.1 Å². The molecule has 3 heterocycles. The van der Waals surface area contributed by atoms with Crippen LogP contribution >= 0.6 is 0 Å². The number of rotatable bonds is 8. The van der Waals surface area contributed by atoms with Crippen LogP contribution in [0, 0.1) is 0 Å². The number of hydrogen-bond acceptors (Lipinski definition) is 15. The van der Waals surface area contributed by atoms with Gasteiger partial charge in [-0.15, -0.1) is 0 Å². The van der Waals surface area contributed by atoms with Crippen molar-refractivity contribution in [3.63, 3.8) is 0 Å².